The molecule has 0 unspecified atom stereocenters. The maximum Gasteiger partial charge on any atom is 0.136 e. The van der Waals surface area contributed by atoms with Gasteiger partial charge in [-0.05, 0) is 121 Å². The molecule has 3 aliphatic carbocycles. The Hall–Kier alpha value is -6.64. The van der Waals surface area contributed by atoms with Crippen LogP contribution in [-0.4, -0.2) is 0 Å². The lowest BCUT2D eigenvalue weighted by molar-refractivity contribution is 0.647. The van der Waals surface area contributed by atoms with Gasteiger partial charge in [-0.25, -0.2) is 0 Å². The van der Waals surface area contributed by atoms with Crippen LogP contribution in [0, 0.1) is 0 Å². The Kier molecular flexibility index (Phi) is 6.84. The Morgan fingerprint density at radius 3 is 1.41 bits per heavy atom. The van der Waals surface area contributed by atoms with Gasteiger partial charge in [-0.2, -0.15) is 0 Å². The van der Waals surface area contributed by atoms with Gasteiger partial charge in [-0.1, -0.05) is 157 Å². The molecule has 2 heteroatoms. The van der Waals surface area contributed by atoms with Crippen LogP contribution in [-0.2, 0) is 16.2 Å². The zero-order valence-corrected chi connectivity index (χ0v) is 34.4. The molecule has 0 fully saturated rings. The fourth-order valence-corrected chi connectivity index (χ4v) is 11.2. The third-order valence-electron chi connectivity index (χ3n) is 14.3. The number of fused-ring (bicyclic) bond motifs is 12. The van der Waals surface area contributed by atoms with E-state index in [0.29, 0.717) is 0 Å². The summed E-state index contributed by atoms with van der Waals surface area (Å²) in [5, 5.41) is 2.28. The molecule has 0 saturated heterocycles. The molecule has 2 nitrogen and oxygen atoms in total. The average Bonchev–Trinajstić information content (AvgIpc) is 3.89. The summed E-state index contributed by atoms with van der Waals surface area (Å²) in [7, 11) is 0. The highest BCUT2D eigenvalue weighted by Crippen LogP contribution is 2.57. The molecular formula is C57H45NO. The van der Waals surface area contributed by atoms with E-state index >= 15 is 0 Å². The minimum atomic E-state index is -0.160. The van der Waals surface area contributed by atoms with Crippen molar-refractivity contribution in [1.29, 1.82) is 0 Å². The molecule has 0 aliphatic heterocycles. The predicted octanol–water partition coefficient (Wildman–Crippen LogP) is 15.6. The lowest BCUT2D eigenvalue weighted by Crippen LogP contribution is -2.18. The molecular weight excluding hydrogens is 715 g/mol. The smallest absolute Gasteiger partial charge is 0.136 e. The average molecular weight is 760 g/mol. The SMILES string of the molecule is CC1(C)c2ccccc2-c2ccc(N(c3ccc4c(c3)C(C)(C)c3ccccc3-4)c3ccc4oc5cc6c(c(-c7ccccc7)c5c4c3)-c3ccccc3C6(C)C)cc21. The van der Waals surface area contributed by atoms with E-state index in [4.69, 9.17) is 4.42 Å². The number of nitrogens with zero attached hydrogens (tertiary/aromatic N) is 1. The van der Waals surface area contributed by atoms with E-state index in [1.807, 2.05) is 0 Å². The van der Waals surface area contributed by atoms with Gasteiger partial charge >= 0.3 is 0 Å². The first-order valence-corrected chi connectivity index (χ1v) is 21.0. The van der Waals surface area contributed by atoms with E-state index in [0.717, 1.165) is 39.0 Å². The van der Waals surface area contributed by atoms with Gasteiger partial charge in [0, 0.05) is 49.6 Å². The summed E-state index contributed by atoms with van der Waals surface area (Å²) < 4.78 is 6.91. The Morgan fingerprint density at radius 2 is 0.814 bits per heavy atom. The molecule has 0 N–H and O–H groups in total. The lowest BCUT2D eigenvalue weighted by atomic mass is 9.81. The van der Waals surface area contributed by atoms with Crippen LogP contribution in [0.4, 0.5) is 17.1 Å². The molecule has 284 valence electrons. The third kappa shape index (κ3) is 4.58. The van der Waals surface area contributed by atoms with Crippen molar-refractivity contribution in [3.63, 3.8) is 0 Å². The molecule has 0 bridgehead atoms. The van der Waals surface area contributed by atoms with Crippen molar-refractivity contribution in [2.45, 2.75) is 57.8 Å². The van der Waals surface area contributed by atoms with Gasteiger partial charge < -0.3 is 9.32 Å². The number of anilines is 3. The van der Waals surface area contributed by atoms with Gasteiger partial charge in [-0.15, -0.1) is 0 Å². The first-order valence-electron chi connectivity index (χ1n) is 21.0. The monoisotopic (exact) mass is 759 g/mol. The van der Waals surface area contributed by atoms with Crippen LogP contribution in [0.25, 0.3) is 66.4 Å². The summed E-state index contributed by atoms with van der Waals surface area (Å²) in [6, 6.07) is 61.1. The fourth-order valence-electron chi connectivity index (χ4n) is 11.2. The highest BCUT2D eigenvalue weighted by Gasteiger charge is 2.40. The molecule has 3 aliphatic rings. The van der Waals surface area contributed by atoms with Gasteiger partial charge in [0.2, 0.25) is 0 Å². The summed E-state index contributed by atoms with van der Waals surface area (Å²) in [6.07, 6.45) is 0. The van der Waals surface area contributed by atoms with E-state index in [9.17, 15) is 0 Å². The molecule has 1 heterocycles. The number of benzene rings is 8. The van der Waals surface area contributed by atoms with E-state index in [1.54, 1.807) is 0 Å². The zero-order valence-electron chi connectivity index (χ0n) is 34.4. The molecule has 12 rings (SSSR count). The molecule has 0 saturated carbocycles. The van der Waals surface area contributed by atoms with E-state index in [1.165, 1.54) is 77.9 Å². The normalized spacial score (nSPS) is 15.7. The number of furan rings is 1. The Balaban J connectivity index is 1.13. The van der Waals surface area contributed by atoms with Crippen LogP contribution in [0.3, 0.4) is 0 Å². The van der Waals surface area contributed by atoms with Crippen molar-refractivity contribution in [3.8, 4) is 44.5 Å². The van der Waals surface area contributed by atoms with Crippen molar-refractivity contribution in [2.24, 2.45) is 0 Å². The summed E-state index contributed by atoms with van der Waals surface area (Å²) in [4.78, 5) is 2.48. The van der Waals surface area contributed by atoms with Gasteiger partial charge in [0.05, 0.1) is 0 Å². The highest BCUT2D eigenvalue weighted by atomic mass is 16.3. The summed E-state index contributed by atoms with van der Waals surface area (Å²) in [5.74, 6) is 0. The molecule has 0 radical (unpaired) electrons. The molecule has 0 amide bonds. The quantitative estimate of drug-likeness (QED) is 0.178. The van der Waals surface area contributed by atoms with Gasteiger partial charge in [0.15, 0.2) is 0 Å². The van der Waals surface area contributed by atoms with Crippen molar-refractivity contribution in [3.05, 3.63) is 197 Å². The van der Waals surface area contributed by atoms with Crippen LogP contribution < -0.4 is 4.90 Å². The van der Waals surface area contributed by atoms with Crippen LogP contribution >= 0.6 is 0 Å². The Labute approximate surface area is 346 Å². The third-order valence-corrected chi connectivity index (χ3v) is 14.3. The summed E-state index contributed by atoms with van der Waals surface area (Å²) in [5.41, 5.74) is 23.3. The second kappa shape index (κ2) is 11.7. The predicted molar refractivity (Wildman–Crippen MR) is 247 cm³/mol. The van der Waals surface area contributed by atoms with Crippen molar-refractivity contribution in [1.82, 2.24) is 0 Å². The summed E-state index contributed by atoms with van der Waals surface area (Å²) >= 11 is 0. The minimum absolute atomic E-state index is 0.130. The summed E-state index contributed by atoms with van der Waals surface area (Å²) in [6.45, 7) is 14.2. The maximum absolute atomic E-state index is 6.91. The Bertz CT molecular complexity index is 3140. The number of hydrogen-bond donors (Lipinski definition) is 0. The van der Waals surface area contributed by atoms with E-state index in [-0.39, 0.29) is 16.2 Å². The molecule has 8 aromatic carbocycles. The van der Waals surface area contributed by atoms with Crippen LogP contribution in [0.5, 0.6) is 0 Å². The van der Waals surface area contributed by atoms with Gasteiger partial charge in [0.25, 0.3) is 0 Å². The van der Waals surface area contributed by atoms with Gasteiger partial charge in [-0.3, -0.25) is 0 Å². The zero-order chi connectivity index (χ0) is 40.0. The molecule has 0 spiro atoms. The van der Waals surface area contributed by atoms with E-state index in [2.05, 4.69) is 210 Å². The van der Waals surface area contributed by atoms with Crippen molar-refractivity contribution >= 4 is 39.0 Å². The highest BCUT2D eigenvalue weighted by molar-refractivity contribution is 6.18. The van der Waals surface area contributed by atoms with Crippen LogP contribution in [0.2, 0.25) is 0 Å². The van der Waals surface area contributed by atoms with Crippen LogP contribution in [0.15, 0.2) is 168 Å². The van der Waals surface area contributed by atoms with E-state index < -0.39 is 0 Å². The second-order valence-electron chi connectivity index (χ2n) is 18.5. The first kappa shape index (κ1) is 34.4. The van der Waals surface area contributed by atoms with Crippen molar-refractivity contribution in [2.75, 3.05) is 4.90 Å². The molecule has 1 aromatic heterocycles. The Morgan fingerprint density at radius 1 is 0.356 bits per heavy atom. The van der Waals surface area contributed by atoms with Gasteiger partial charge in [0.1, 0.15) is 11.2 Å². The standard InChI is InChI=1S/C57H45NO/c1-55(2)44-21-13-10-18-38(44)40-27-24-36(31-47(40)55)58(37-25-28-41-39-19-11-14-22-45(39)56(3,4)48(41)32-37)35-26-29-50-43(30-35)54-51(59-50)33-49-53(52(54)34-16-8-7-9-17-34)42-20-12-15-23-46(42)57(49,5)6/h7-33H,1-6H3. The van der Waals surface area contributed by atoms with Crippen LogP contribution in [0.1, 0.15) is 74.9 Å². The number of rotatable bonds is 4. The molecule has 0 atom stereocenters. The first-order chi connectivity index (χ1) is 28.5. The molecule has 9 aromatic rings. The largest absolute Gasteiger partial charge is 0.456 e. The fraction of sp³-hybridized carbons (Fsp3) is 0.158. The lowest BCUT2D eigenvalue weighted by Gasteiger charge is -2.29. The second-order valence-corrected chi connectivity index (χ2v) is 18.5. The number of hydrogen-bond acceptors (Lipinski definition) is 2. The molecule has 59 heavy (non-hydrogen) atoms. The topological polar surface area (TPSA) is 16.4 Å². The minimum Gasteiger partial charge on any atom is -0.456 e. The van der Waals surface area contributed by atoms with Crippen molar-refractivity contribution < 1.29 is 4.42 Å². The maximum atomic E-state index is 6.91.